The zero-order valence-corrected chi connectivity index (χ0v) is 12.1. The van der Waals surface area contributed by atoms with Crippen LogP contribution in [0.2, 0.25) is 0 Å². The maximum atomic E-state index is 12.5. The molecule has 6 heteroatoms. The van der Waals surface area contributed by atoms with Crippen LogP contribution in [0.5, 0.6) is 0 Å². The number of fused-ring (bicyclic) bond motifs is 1. The molecule has 106 valence electrons. The summed E-state index contributed by atoms with van der Waals surface area (Å²) in [5.74, 6) is -1.15. The van der Waals surface area contributed by atoms with E-state index in [2.05, 4.69) is 5.32 Å². The number of hydrogen-bond acceptors (Lipinski definition) is 6. The number of esters is 1. The number of allylic oxidation sites excluding steroid dienone is 1. The molecule has 1 aliphatic rings. The van der Waals surface area contributed by atoms with E-state index in [9.17, 15) is 9.59 Å². The zero-order valence-electron chi connectivity index (χ0n) is 11.3. The van der Waals surface area contributed by atoms with Crippen LogP contribution < -0.4 is 20.8 Å². The van der Waals surface area contributed by atoms with Gasteiger partial charge in [0.25, 0.3) is 0 Å². The minimum atomic E-state index is -1.68. The fraction of sp³-hybridized carbons (Fsp3) is 0.286. The van der Waals surface area contributed by atoms with Crippen LogP contribution in [0.4, 0.5) is 0 Å². The lowest BCUT2D eigenvalue weighted by atomic mass is 9.93. The number of ether oxygens (including phenoxy) is 1. The Morgan fingerprint density at radius 3 is 2.95 bits per heavy atom. The number of Topliss-reactive ketones (excluding diaryl/α,β-unsaturated/α-hetero) is 1. The van der Waals surface area contributed by atoms with Crippen LogP contribution in [0, 0.1) is 0 Å². The third-order valence-corrected chi connectivity index (χ3v) is 3.89. The van der Waals surface area contributed by atoms with E-state index in [0.717, 1.165) is 9.75 Å². The standard InChI is InChI=1S/C14H16N2O3S/c1-3-19-13(18)14(2,15)12(17)10-8-20-11-7-16-6-4-5-9(10)11/h4-8,16H,3,15H2,1-2H3. The Hall–Kier alpha value is -1.92. The van der Waals surface area contributed by atoms with Crippen molar-refractivity contribution in [2.45, 2.75) is 19.4 Å². The highest BCUT2D eigenvalue weighted by atomic mass is 32.1. The molecule has 2 rings (SSSR count). The van der Waals surface area contributed by atoms with Gasteiger partial charge in [-0.3, -0.25) is 4.79 Å². The molecule has 0 spiro atoms. The molecule has 0 bridgehead atoms. The summed E-state index contributed by atoms with van der Waals surface area (Å²) in [6.07, 6.45) is 7.17. The van der Waals surface area contributed by atoms with Gasteiger partial charge in [0.1, 0.15) is 0 Å². The van der Waals surface area contributed by atoms with E-state index in [4.69, 9.17) is 10.5 Å². The molecule has 5 nitrogen and oxygen atoms in total. The molecule has 3 N–H and O–H groups in total. The van der Waals surface area contributed by atoms with E-state index in [1.54, 1.807) is 30.8 Å². The van der Waals surface area contributed by atoms with Crippen LogP contribution in [-0.4, -0.2) is 23.9 Å². The topological polar surface area (TPSA) is 81.4 Å². The minimum absolute atomic E-state index is 0.188. The largest absolute Gasteiger partial charge is 0.464 e. The van der Waals surface area contributed by atoms with Gasteiger partial charge >= 0.3 is 5.97 Å². The highest BCUT2D eigenvalue weighted by Crippen LogP contribution is 2.11. The van der Waals surface area contributed by atoms with Crippen molar-refractivity contribution in [2.75, 3.05) is 6.61 Å². The Bertz CT molecular complexity index is 686. The van der Waals surface area contributed by atoms with Crippen LogP contribution in [0.3, 0.4) is 0 Å². The summed E-state index contributed by atoms with van der Waals surface area (Å²) in [4.78, 5) is 24.4. The summed E-state index contributed by atoms with van der Waals surface area (Å²) >= 11 is 1.42. The predicted octanol–water partition coefficient (Wildman–Crippen LogP) is -0.153. The number of thiophene rings is 1. The molecular formula is C14H16N2O3S. The monoisotopic (exact) mass is 292 g/mol. The molecule has 0 amide bonds. The first-order valence-electron chi connectivity index (χ1n) is 6.20. The van der Waals surface area contributed by atoms with Crippen molar-refractivity contribution in [2.24, 2.45) is 5.73 Å². The summed E-state index contributed by atoms with van der Waals surface area (Å²) in [5, 5.41) is 5.46. The lowest BCUT2D eigenvalue weighted by molar-refractivity contribution is -0.146. The summed E-state index contributed by atoms with van der Waals surface area (Å²) < 4.78 is 5.78. The number of nitrogens with one attached hydrogen (secondary N) is 1. The maximum Gasteiger partial charge on any atom is 0.333 e. The van der Waals surface area contributed by atoms with Gasteiger partial charge in [-0.15, -0.1) is 11.3 Å². The molecule has 1 unspecified atom stereocenters. The van der Waals surface area contributed by atoms with Crippen LogP contribution in [-0.2, 0) is 9.53 Å². The van der Waals surface area contributed by atoms with Crippen LogP contribution >= 0.6 is 11.3 Å². The predicted molar refractivity (Wildman–Crippen MR) is 78.3 cm³/mol. The first-order chi connectivity index (χ1) is 9.48. The second-order valence-electron chi connectivity index (χ2n) is 4.52. The highest BCUT2D eigenvalue weighted by molar-refractivity contribution is 7.08. The zero-order chi connectivity index (χ0) is 14.8. The summed E-state index contributed by atoms with van der Waals surface area (Å²) in [7, 11) is 0. The quantitative estimate of drug-likeness (QED) is 0.458. The molecule has 1 aliphatic heterocycles. The Balaban J connectivity index is 2.46. The molecule has 20 heavy (non-hydrogen) atoms. The third kappa shape index (κ3) is 2.52. The summed E-state index contributed by atoms with van der Waals surface area (Å²) in [6.45, 7) is 3.24. The molecule has 0 fully saturated rings. The van der Waals surface area contributed by atoms with Crippen molar-refractivity contribution in [3.8, 4) is 0 Å². The van der Waals surface area contributed by atoms with Crippen LogP contribution in [0.1, 0.15) is 24.2 Å². The molecule has 1 atom stereocenters. The van der Waals surface area contributed by atoms with Gasteiger partial charge in [-0.25, -0.2) is 4.79 Å². The number of rotatable bonds is 4. The van der Waals surface area contributed by atoms with Crippen molar-refractivity contribution < 1.29 is 14.3 Å². The second-order valence-corrected chi connectivity index (χ2v) is 5.43. The van der Waals surface area contributed by atoms with E-state index in [1.165, 1.54) is 18.3 Å². The Labute approximate surface area is 120 Å². The SMILES string of the molecule is CCOC(=O)C(C)(N)C(=O)c1csc2c1=CC=CNC=2. The van der Waals surface area contributed by atoms with Gasteiger partial charge in [0.05, 0.1) is 11.1 Å². The second kappa shape index (κ2) is 5.60. The van der Waals surface area contributed by atoms with E-state index in [-0.39, 0.29) is 6.61 Å². The lowest BCUT2D eigenvalue weighted by Crippen LogP contribution is -2.54. The smallest absolute Gasteiger partial charge is 0.333 e. The van der Waals surface area contributed by atoms with E-state index in [1.807, 2.05) is 6.08 Å². The number of carbonyl (C=O) groups is 2. The Kier molecular flexibility index (Phi) is 4.06. The van der Waals surface area contributed by atoms with Crippen molar-refractivity contribution >= 4 is 35.4 Å². The van der Waals surface area contributed by atoms with E-state index >= 15 is 0 Å². The lowest BCUT2D eigenvalue weighted by Gasteiger charge is -2.20. The fourth-order valence-electron chi connectivity index (χ4n) is 1.82. The van der Waals surface area contributed by atoms with Gasteiger partial charge in [0.2, 0.25) is 0 Å². The molecule has 0 aromatic carbocycles. The third-order valence-electron chi connectivity index (χ3n) is 2.94. The van der Waals surface area contributed by atoms with E-state index in [0.29, 0.717) is 5.56 Å². The van der Waals surface area contributed by atoms with Crippen LogP contribution in [0.25, 0.3) is 12.3 Å². The van der Waals surface area contributed by atoms with Gasteiger partial charge in [0.15, 0.2) is 11.3 Å². The van der Waals surface area contributed by atoms with Crippen molar-refractivity contribution in [3.63, 3.8) is 0 Å². The minimum Gasteiger partial charge on any atom is -0.464 e. The fourth-order valence-corrected chi connectivity index (χ4v) is 2.74. The van der Waals surface area contributed by atoms with Crippen molar-refractivity contribution in [1.82, 2.24) is 5.32 Å². The molecule has 0 radical (unpaired) electrons. The Morgan fingerprint density at radius 2 is 2.25 bits per heavy atom. The molecule has 0 aliphatic carbocycles. The molecular weight excluding hydrogens is 276 g/mol. The number of hydrogen-bond donors (Lipinski definition) is 2. The average Bonchev–Trinajstić information content (AvgIpc) is 2.66. The molecule has 0 saturated carbocycles. The van der Waals surface area contributed by atoms with Gasteiger partial charge in [0, 0.05) is 28.6 Å². The van der Waals surface area contributed by atoms with Gasteiger partial charge in [-0.1, -0.05) is 6.08 Å². The number of carbonyl (C=O) groups excluding carboxylic acids is 2. The molecule has 1 aromatic heterocycles. The maximum absolute atomic E-state index is 12.5. The van der Waals surface area contributed by atoms with Gasteiger partial charge < -0.3 is 15.8 Å². The number of ketones is 1. The molecule has 2 heterocycles. The Morgan fingerprint density at radius 1 is 1.50 bits per heavy atom. The summed E-state index contributed by atoms with van der Waals surface area (Å²) in [5.41, 5.74) is 4.64. The van der Waals surface area contributed by atoms with Gasteiger partial charge in [-0.05, 0) is 19.9 Å². The highest BCUT2D eigenvalue weighted by Gasteiger charge is 2.39. The average molecular weight is 292 g/mol. The normalized spacial score (nSPS) is 15.8. The van der Waals surface area contributed by atoms with E-state index < -0.39 is 17.3 Å². The van der Waals surface area contributed by atoms with Gasteiger partial charge in [-0.2, -0.15) is 0 Å². The first kappa shape index (κ1) is 14.5. The first-order valence-corrected chi connectivity index (χ1v) is 7.08. The number of nitrogens with two attached hydrogens (primary N) is 1. The van der Waals surface area contributed by atoms with Crippen molar-refractivity contribution in [1.29, 1.82) is 0 Å². The summed E-state index contributed by atoms with van der Waals surface area (Å²) in [6, 6.07) is 0. The van der Waals surface area contributed by atoms with Crippen molar-refractivity contribution in [3.05, 3.63) is 33.0 Å². The molecule has 1 aromatic rings. The van der Waals surface area contributed by atoms with Crippen LogP contribution in [0.15, 0.2) is 17.7 Å². The molecule has 0 saturated heterocycles.